The molecule has 0 saturated heterocycles. The van der Waals surface area contributed by atoms with Crippen LogP contribution in [0.4, 0.5) is 52.7 Å². The van der Waals surface area contributed by atoms with Gasteiger partial charge in [-0.2, -0.15) is 0 Å². The summed E-state index contributed by atoms with van der Waals surface area (Å²) < 4.78 is 171. The van der Waals surface area contributed by atoms with Crippen molar-refractivity contribution in [2.75, 3.05) is 0 Å². The zero-order valence-corrected chi connectivity index (χ0v) is 42.8. The first-order valence-corrected chi connectivity index (χ1v) is 39.6. The zero-order chi connectivity index (χ0) is 49.2. The van der Waals surface area contributed by atoms with E-state index in [1.54, 1.807) is 12.1 Å². The van der Waals surface area contributed by atoms with Crippen molar-refractivity contribution in [1.82, 2.24) is 0 Å². The van der Waals surface area contributed by atoms with Crippen LogP contribution in [0.3, 0.4) is 0 Å². The summed E-state index contributed by atoms with van der Waals surface area (Å²) >= 11 is -5.94. The number of hydrogen-bond acceptors (Lipinski definition) is 0. The van der Waals surface area contributed by atoms with Crippen LogP contribution in [-0.2, 0) is 40.3 Å². The van der Waals surface area contributed by atoms with E-state index in [1.807, 2.05) is 31.2 Å². The molecule has 4 aliphatic rings. The summed E-state index contributed by atoms with van der Waals surface area (Å²) in [6.07, 6.45) is -4.97. The van der Waals surface area contributed by atoms with Gasteiger partial charge in [0.1, 0.15) is 0 Å². The van der Waals surface area contributed by atoms with Crippen molar-refractivity contribution in [3.05, 3.63) is 128 Å². The SMILES string of the molecule is CCC[SiH](C)[Zr]([Cl])([Cl])([CH]1C(CC2CCCCC2)=Cc2c(-c3cc(C(F)(F)F)cc(C(F)(F)F)c3)cccc21)[CH]1C(CC2CCCCC2)=Cc2c(-c3cc(C(F)(F)F)cc(C(F)(F)F)c3)cccc21. The van der Waals surface area contributed by atoms with E-state index in [-0.39, 0.29) is 46.2 Å². The van der Waals surface area contributed by atoms with Crippen molar-refractivity contribution < 1.29 is 68.2 Å². The Morgan fingerprint density at radius 1 is 0.515 bits per heavy atom. The van der Waals surface area contributed by atoms with Crippen LogP contribution in [0.2, 0.25) is 12.6 Å². The first-order chi connectivity index (χ1) is 31.8. The van der Waals surface area contributed by atoms with Crippen LogP contribution < -0.4 is 0 Å². The fourth-order valence-corrected chi connectivity index (χ4v) is 53.4. The third kappa shape index (κ3) is 10.0. The molecule has 68 heavy (non-hydrogen) atoms. The molecular formula is C52H53Cl2F12SiZr. The molecule has 0 radical (unpaired) electrons. The molecule has 3 unspecified atom stereocenters. The second kappa shape index (κ2) is 19.0. The summed E-state index contributed by atoms with van der Waals surface area (Å²) in [6.45, 7) is 4.18. The number of alkyl halides is 12. The van der Waals surface area contributed by atoms with Gasteiger partial charge in [0.25, 0.3) is 0 Å². The molecule has 2 fully saturated rings. The van der Waals surface area contributed by atoms with Gasteiger partial charge in [0.15, 0.2) is 0 Å². The molecule has 0 heterocycles. The topological polar surface area (TPSA) is 0 Å². The van der Waals surface area contributed by atoms with E-state index in [0.717, 1.165) is 99.6 Å². The maximum atomic E-state index is 14.4. The molecule has 0 bridgehead atoms. The minimum absolute atomic E-state index is 0.112. The molecule has 0 aliphatic heterocycles. The molecule has 0 nitrogen and oxygen atoms in total. The Morgan fingerprint density at radius 3 is 1.16 bits per heavy atom. The van der Waals surface area contributed by atoms with Crippen LogP contribution in [0.15, 0.2) is 83.9 Å². The molecular weight excluding hydrogens is 1040 g/mol. The Kier molecular flexibility index (Phi) is 14.4. The second-order valence-corrected chi connectivity index (χ2v) is 61.2. The van der Waals surface area contributed by atoms with E-state index in [9.17, 15) is 52.7 Å². The molecule has 4 aromatic carbocycles. The minimum atomic E-state index is -5.94. The molecule has 367 valence electrons. The Morgan fingerprint density at radius 2 is 0.853 bits per heavy atom. The molecule has 0 spiro atoms. The van der Waals surface area contributed by atoms with E-state index in [2.05, 4.69) is 6.55 Å². The van der Waals surface area contributed by atoms with Gasteiger partial charge in [-0.15, -0.1) is 0 Å². The van der Waals surface area contributed by atoms with Gasteiger partial charge >= 0.3 is 401 Å². The van der Waals surface area contributed by atoms with Crippen LogP contribution in [0, 0.1) is 11.8 Å². The normalized spacial score (nSPS) is 20.9. The predicted octanol–water partition coefficient (Wildman–Crippen LogP) is 19.4. The van der Waals surface area contributed by atoms with E-state index >= 15 is 0 Å². The van der Waals surface area contributed by atoms with Gasteiger partial charge in [0.05, 0.1) is 0 Å². The molecule has 8 rings (SSSR count). The van der Waals surface area contributed by atoms with Crippen LogP contribution >= 0.6 is 17.0 Å². The predicted molar refractivity (Wildman–Crippen MR) is 247 cm³/mol. The van der Waals surface area contributed by atoms with Gasteiger partial charge in [-0.1, -0.05) is 0 Å². The number of halogens is 14. The fourth-order valence-electron chi connectivity index (χ4n) is 12.2. The standard InChI is InChI=1S/2C24H21F6.C4H11Si.2ClH.Zr/c2*25-23(26,27)19-12-18(13-20(14-19)24(28,29)30)21-8-4-7-17-10-16(11-22(17)21)9-15-5-2-1-3-6-15;1-3-4-5-2;;;/h2*4,7-8,10-15H,1-3,5-6,9H2;5H,3-4H2,1-2H3;2*1H;/q;;;;;+2/p-2. The molecule has 4 aromatic rings. The number of hydrogen-bond donors (Lipinski definition) is 0. The van der Waals surface area contributed by atoms with Crippen molar-refractivity contribution in [3.63, 3.8) is 0 Å². The van der Waals surface area contributed by atoms with E-state index in [0.29, 0.717) is 47.6 Å². The van der Waals surface area contributed by atoms with Crippen molar-refractivity contribution >= 4 is 35.1 Å². The van der Waals surface area contributed by atoms with Gasteiger partial charge in [-0.25, -0.2) is 0 Å². The molecule has 2 saturated carbocycles. The summed E-state index contributed by atoms with van der Waals surface area (Å²) in [5, 5.41) is 0. The first-order valence-electron chi connectivity index (χ1n) is 23.6. The number of benzene rings is 4. The van der Waals surface area contributed by atoms with Gasteiger partial charge in [-0.05, 0) is 0 Å². The third-order valence-corrected chi connectivity index (χ3v) is 65.8. The fraction of sp³-hybridized carbons (Fsp3) is 0.462. The van der Waals surface area contributed by atoms with Gasteiger partial charge in [-0.3, -0.25) is 0 Å². The molecule has 3 atom stereocenters. The van der Waals surface area contributed by atoms with Crippen molar-refractivity contribution in [3.8, 4) is 22.3 Å². The number of allylic oxidation sites excluding steroid dienone is 2. The molecule has 0 amide bonds. The third-order valence-electron chi connectivity index (χ3n) is 15.4. The number of fused-ring (bicyclic) bond motifs is 2. The van der Waals surface area contributed by atoms with Crippen molar-refractivity contribution in [2.24, 2.45) is 11.8 Å². The van der Waals surface area contributed by atoms with Crippen LogP contribution in [0.5, 0.6) is 0 Å². The second-order valence-electron chi connectivity index (χ2n) is 19.8. The Balaban J connectivity index is 1.40. The summed E-state index contributed by atoms with van der Waals surface area (Å²) in [5.41, 5.74) is -1.95. The monoisotopic (exact) mass is 1090 g/mol. The zero-order valence-electron chi connectivity index (χ0n) is 37.7. The first kappa shape index (κ1) is 51.6. The summed E-state index contributed by atoms with van der Waals surface area (Å²) in [6, 6.07) is 13.9. The van der Waals surface area contributed by atoms with E-state index in [4.69, 9.17) is 17.0 Å². The molecule has 4 aliphatic carbocycles. The Bertz CT molecular complexity index is 2360. The quantitative estimate of drug-likeness (QED) is 0.104. The Hall–Kier alpha value is -2.80. The number of rotatable bonds is 11. The summed E-state index contributed by atoms with van der Waals surface area (Å²) in [5.74, 6) is -1.98. The average Bonchev–Trinajstić information content (AvgIpc) is 3.85. The van der Waals surface area contributed by atoms with Crippen LogP contribution in [0.25, 0.3) is 34.4 Å². The van der Waals surface area contributed by atoms with Gasteiger partial charge in [0.2, 0.25) is 0 Å². The average molecular weight is 1100 g/mol. The molecule has 0 aromatic heterocycles. The Labute approximate surface area is 398 Å². The van der Waals surface area contributed by atoms with Crippen molar-refractivity contribution in [1.29, 1.82) is 0 Å². The summed E-state index contributed by atoms with van der Waals surface area (Å²) in [4.78, 5) is 0. The van der Waals surface area contributed by atoms with Crippen LogP contribution in [-0.4, -0.2) is 5.92 Å². The van der Waals surface area contributed by atoms with Crippen LogP contribution in [0.1, 0.15) is 142 Å². The van der Waals surface area contributed by atoms with Gasteiger partial charge < -0.3 is 0 Å². The van der Waals surface area contributed by atoms with E-state index in [1.165, 1.54) is 12.1 Å². The van der Waals surface area contributed by atoms with Gasteiger partial charge in [0, 0.05) is 0 Å². The molecule has 16 heteroatoms. The van der Waals surface area contributed by atoms with E-state index < -0.39 is 75.7 Å². The maximum absolute atomic E-state index is 14.4. The summed E-state index contributed by atoms with van der Waals surface area (Å²) in [7, 11) is 17.8. The molecule has 0 N–H and O–H groups in total. The van der Waals surface area contributed by atoms with Crippen molar-refractivity contribution in [2.45, 2.75) is 135 Å².